The van der Waals surface area contributed by atoms with Gasteiger partial charge >= 0.3 is 6.09 Å². The summed E-state index contributed by atoms with van der Waals surface area (Å²) in [6, 6.07) is 0. The Balaban J connectivity index is 2.14. The van der Waals surface area contributed by atoms with Crippen molar-refractivity contribution in [2.45, 2.75) is 77.0 Å². The first-order valence-electron chi connectivity index (χ1n) is 7.93. The maximum Gasteiger partial charge on any atom is 0.409 e. The van der Waals surface area contributed by atoms with E-state index in [1.165, 1.54) is 32.1 Å². The molecule has 1 aliphatic carbocycles. The molecule has 0 aromatic rings. The van der Waals surface area contributed by atoms with Crippen LogP contribution in [0.5, 0.6) is 0 Å². The predicted molar refractivity (Wildman–Crippen MR) is 77.2 cm³/mol. The van der Waals surface area contributed by atoms with Gasteiger partial charge in [0.05, 0.1) is 12.7 Å². The molecule has 0 saturated heterocycles. The number of aliphatic hydroxyl groups is 2. The lowest BCUT2D eigenvalue weighted by molar-refractivity contribution is -0.00992. The van der Waals surface area contributed by atoms with Crippen LogP contribution in [0.2, 0.25) is 0 Å². The molecule has 1 rings (SSSR count). The molecule has 0 heterocycles. The lowest BCUT2D eigenvalue weighted by Crippen LogP contribution is -2.43. The van der Waals surface area contributed by atoms with Gasteiger partial charge in [0.25, 0.3) is 0 Å². The summed E-state index contributed by atoms with van der Waals surface area (Å²) in [6.45, 7) is 2.35. The van der Waals surface area contributed by atoms with Crippen molar-refractivity contribution in [2.75, 3.05) is 6.61 Å². The number of hydrogen-bond acceptors (Lipinski definition) is 4. The summed E-state index contributed by atoms with van der Waals surface area (Å²) in [4.78, 5) is 11.3. The van der Waals surface area contributed by atoms with Crippen LogP contribution in [-0.4, -0.2) is 35.2 Å². The molecule has 0 spiro atoms. The van der Waals surface area contributed by atoms with Gasteiger partial charge in [0.2, 0.25) is 0 Å². The Labute approximate surface area is 121 Å². The fourth-order valence-electron chi connectivity index (χ4n) is 2.61. The van der Waals surface area contributed by atoms with E-state index in [2.05, 4.69) is 5.32 Å². The number of rotatable bonds is 8. The molecule has 1 aliphatic rings. The van der Waals surface area contributed by atoms with E-state index in [9.17, 15) is 15.0 Å². The van der Waals surface area contributed by atoms with E-state index in [1.54, 1.807) is 0 Å². The minimum atomic E-state index is -1.24. The second-order valence-electron chi connectivity index (χ2n) is 5.73. The summed E-state index contributed by atoms with van der Waals surface area (Å²) in [6.07, 6.45) is 6.62. The van der Waals surface area contributed by atoms with Gasteiger partial charge in [0.1, 0.15) is 0 Å². The molecule has 1 amide bonds. The van der Waals surface area contributed by atoms with Crippen LogP contribution in [0.3, 0.4) is 0 Å². The first-order chi connectivity index (χ1) is 9.63. The van der Waals surface area contributed by atoms with Crippen molar-refractivity contribution in [3.05, 3.63) is 0 Å². The molecule has 1 saturated carbocycles. The number of carbonyl (C=O) groups is 1. The van der Waals surface area contributed by atoms with Crippen molar-refractivity contribution in [2.24, 2.45) is 5.92 Å². The second kappa shape index (κ2) is 10.00. The molecular formula is C15H29NO4. The fraction of sp³-hybridized carbons (Fsp3) is 0.933. The monoisotopic (exact) mass is 287 g/mol. The largest absolute Gasteiger partial charge is 0.450 e. The topological polar surface area (TPSA) is 78.8 Å². The molecule has 0 aromatic heterocycles. The minimum Gasteiger partial charge on any atom is -0.450 e. The number of nitrogens with one attached hydrogen (secondary N) is 1. The van der Waals surface area contributed by atoms with Crippen LogP contribution in [0.1, 0.15) is 64.7 Å². The molecule has 0 unspecified atom stereocenters. The van der Waals surface area contributed by atoms with Gasteiger partial charge < -0.3 is 14.9 Å². The minimum absolute atomic E-state index is 0.340. The standard InChI is InChI=1S/C15H29NO4/c1-2-3-11-20-15(19)16-14(18)13(17)10-9-12-7-5-4-6-8-12/h12-14,17-18H,2-11H2,1H3,(H,16,19)/t13-,14+/m0/s1. The van der Waals surface area contributed by atoms with Gasteiger partial charge in [0.15, 0.2) is 6.23 Å². The molecule has 5 heteroatoms. The van der Waals surface area contributed by atoms with E-state index < -0.39 is 18.4 Å². The van der Waals surface area contributed by atoms with Gasteiger partial charge in [-0.15, -0.1) is 0 Å². The Bertz CT molecular complexity index is 267. The summed E-state index contributed by atoms with van der Waals surface area (Å²) < 4.78 is 4.88. The highest BCUT2D eigenvalue weighted by atomic mass is 16.6. The zero-order chi connectivity index (χ0) is 14.8. The van der Waals surface area contributed by atoms with Crippen molar-refractivity contribution < 1.29 is 19.7 Å². The van der Waals surface area contributed by atoms with Gasteiger partial charge in [-0.3, -0.25) is 5.32 Å². The van der Waals surface area contributed by atoms with Gasteiger partial charge in [-0.05, 0) is 25.2 Å². The molecule has 0 aliphatic heterocycles. The number of carbonyl (C=O) groups excluding carboxylic acids is 1. The van der Waals surface area contributed by atoms with E-state index in [-0.39, 0.29) is 0 Å². The molecule has 0 radical (unpaired) electrons. The third-order valence-corrected chi connectivity index (χ3v) is 3.96. The Morgan fingerprint density at radius 3 is 2.65 bits per heavy atom. The Hall–Kier alpha value is -0.810. The lowest BCUT2D eigenvalue weighted by atomic mass is 9.85. The smallest absolute Gasteiger partial charge is 0.409 e. The molecule has 118 valence electrons. The highest BCUT2D eigenvalue weighted by Crippen LogP contribution is 2.27. The normalized spacial score (nSPS) is 19.4. The Kier molecular flexibility index (Phi) is 8.62. The summed E-state index contributed by atoms with van der Waals surface area (Å²) >= 11 is 0. The van der Waals surface area contributed by atoms with E-state index in [0.717, 1.165) is 19.3 Å². The number of unbranched alkanes of at least 4 members (excludes halogenated alkanes) is 1. The van der Waals surface area contributed by atoms with E-state index in [1.807, 2.05) is 6.92 Å². The van der Waals surface area contributed by atoms with Crippen LogP contribution in [0, 0.1) is 5.92 Å². The first-order valence-corrected chi connectivity index (χ1v) is 7.93. The zero-order valence-corrected chi connectivity index (χ0v) is 12.5. The molecule has 0 bridgehead atoms. The SMILES string of the molecule is CCCCOC(=O)N[C@H](O)[C@@H](O)CCC1CCCCC1. The third-order valence-electron chi connectivity index (χ3n) is 3.96. The number of ether oxygens (including phenoxy) is 1. The van der Waals surface area contributed by atoms with Crippen LogP contribution >= 0.6 is 0 Å². The quantitative estimate of drug-likeness (QED) is 0.473. The van der Waals surface area contributed by atoms with Crippen molar-refractivity contribution >= 4 is 6.09 Å². The predicted octanol–water partition coefficient (Wildman–Crippen LogP) is 2.55. The summed E-state index contributed by atoms with van der Waals surface area (Å²) in [5, 5.41) is 21.8. The molecule has 20 heavy (non-hydrogen) atoms. The van der Waals surface area contributed by atoms with Crippen LogP contribution in [-0.2, 0) is 4.74 Å². The molecule has 5 nitrogen and oxygen atoms in total. The number of alkyl carbamates (subject to hydrolysis) is 1. The molecule has 0 aromatic carbocycles. The van der Waals surface area contributed by atoms with E-state index >= 15 is 0 Å². The molecular weight excluding hydrogens is 258 g/mol. The molecule has 1 fully saturated rings. The molecule has 2 atom stereocenters. The zero-order valence-electron chi connectivity index (χ0n) is 12.5. The Morgan fingerprint density at radius 2 is 2.00 bits per heavy atom. The lowest BCUT2D eigenvalue weighted by Gasteiger charge is -2.24. The van der Waals surface area contributed by atoms with Crippen molar-refractivity contribution in [1.82, 2.24) is 5.32 Å². The summed E-state index contributed by atoms with van der Waals surface area (Å²) in [5.41, 5.74) is 0. The van der Waals surface area contributed by atoms with Gasteiger partial charge in [-0.25, -0.2) is 4.79 Å². The second-order valence-corrected chi connectivity index (χ2v) is 5.73. The van der Waals surface area contributed by atoms with E-state index in [4.69, 9.17) is 4.74 Å². The number of amides is 1. The average Bonchev–Trinajstić information content (AvgIpc) is 2.46. The first kappa shape index (κ1) is 17.2. The van der Waals surface area contributed by atoms with Gasteiger partial charge in [0, 0.05) is 0 Å². The number of hydrogen-bond donors (Lipinski definition) is 3. The highest BCUT2D eigenvalue weighted by molar-refractivity contribution is 5.67. The summed E-state index contributed by atoms with van der Waals surface area (Å²) in [5.74, 6) is 0.655. The van der Waals surface area contributed by atoms with Crippen LogP contribution in [0.25, 0.3) is 0 Å². The van der Waals surface area contributed by atoms with Crippen molar-refractivity contribution in [1.29, 1.82) is 0 Å². The van der Waals surface area contributed by atoms with Crippen LogP contribution in [0.4, 0.5) is 4.79 Å². The van der Waals surface area contributed by atoms with Crippen molar-refractivity contribution in [3.63, 3.8) is 0 Å². The van der Waals surface area contributed by atoms with Gasteiger partial charge in [-0.1, -0.05) is 45.4 Å². The van der Waals surface area contributed by atoms with Crippen molar-refractivity contribution in [3.8, 4) is 0 Å². The molecule has 3 N–H and O–H groups in total. The number of aliphatic hydroxyl groups excluding tert-OH is 2. The maximum absolute atomic E-state index is 11.3. The van der Waals surface area contributed by atoms with Gasteiger partial charge in [-0.2, -0.15) is 0 Å². The Morgan fingerprint density at radius 1 is 1.30 bits per heavy atom. The maximum atomic E-state index is 11.3. The van der Waals surface area contributed by atoms with Crippen LogP contribution < -0.4 is 5.32 Å². The summed E-state index contributed by atoms with van der Waals surface area (Å²) in [7, 11) is 0. The fourth-order valence-corrected chi connectivity index (χ4v) is 2.61. The van der Waals surface area contributed by atoms with E-state index in [0.29, 0.717) is 18.9 Å². The highest BCUT2D eigenvalue weighted by Gasteiger charge is 2.21. The third kappa shape index (κ3) is 7.10. The average molecular weight is 287 g/mol. The van der Waals surface area contributed by atoms with Crippen LogP contribution in [0.15, 0.2) is 0 Å².